The van der Waals surface area contributed by atoms with E-state index in [2.05, 4.69) is 50.0 Å². The first-order valence-electron chi connectivity index (χ1n) is 6.85. The molecule has 5 nitrogen and oxygen atoms in total. The van der Waals surface area contributed by atoms with Crippen LogP contribution in [0, 0.1) is 0 Å². The van der Waals surface area contributed by atoms with E-state index in [9.17, 15) is 0 Å². The van der Waals surface area contributed by atoms with Gasteiger partial charge in [0.05, 0.1) is 11.6 Å². The highest BCUT2D eigenvalue weighted by molar-refractivity contribution is 7.13. The Balaban J connectivity index is 1.72. The maximum atomic E-state index is 4.33. The van der Waals surface area contributed by atoms with E-state index in [1.807, 2.05) is 19.2 Å². The van der Waals surface area contributed by atoms with Crippen LogP contribution in [0.15, 0.2) is 54.3 Å². The van der Waals surface area contributed by atoms with Gasteiger partial charge in [-0.05, 0) is 29.1 Å². The molecule has 1 N–H and O–H groups in total. The molecule has 0 bridgehead atoms. The molecule has 0 saturated carbocycles. The van der Waals surface area contributed by atoms with Gasteiger partial charge in [0.1, 0.15) is 12.1 Å². The zero-order valence-electron chi connectivity index (χ0n) is 11.9. The van der Waals surface area contributed by atoms with Crippen molar-refractivity contribution >= 4 is 33.9 Å². The van der Waals surface area contributed by atoms with Gasteiger partial charge >= 0.3 is 0 Å². The number of hydrogen-bond acceptors (Lipinski definition) is 5. The zero-order valence-corrected chi connectivity index (χ0v) is 12.7. The van der Waals surface area contributed by atoms with Crippen molar-refractivity contribution in [1.82, 2.24) is 19.7 Å². The smallest absolute Gasteiger partial charge is 0.163 e. The van der Waals surface area contributed by atoms with Gasteiger partial charge in [0.15, 0.2) is 5.65 Å². The van der Waals surface area contributed by atoms with Crippen LogP contribution in [0.25, 0.3) is 21.5 Å². The van der Waals surface area contributed by atoms with Gasteiger partial charge in [-0.2, -0.15) is 5.10 Å². The van der Waals surface area contributed by atoms with Gasteiger partial charge in [0.25, 0.3) is 0 Å². The highest BCUT2D eigenvalue weighted by Gasteiger charge is 2.08. The van der Waals surface area contributed by atoms with Crippen LogP contribution in [0.3, 0.4) is 0 Å². The van der Waals surface area contributed by atoms with Gasteiger partial charge in [-0.25, -0.2) is 9.97 Å². The van der Waals surface area contributed by atoms with Gasteiger partial charge in [-0.15, -0.1) is 11.3 Å². The predicted molar refractivity (Wildman–Crippen MR) is 89.3 cm³/mol. The van der Waals surface area contributed by atoms with Gasteiger partial charge in [-0.1, -0.05) is 18.2 Å². The molecule has 4 aromatic rings. The Labute approximate surface area is 131 Å². The van der Waals surface area contributed by atoms with Crippen molar-refractivity contribution in [1.29, 1.82) is 0 Å². The second kappa shape index (κ2) is 5.23. The number of aromatic nitrogens is 4. The van der Waals surface area contributed by atoms with Crippen LogP contribution in [0.2, 0.25) is 0 Å². The van der Waals surface area contributed by atoms with Crippen LogP contribution in [-0.2, 0) is 7.05 Å². The Morgan fingerprint density at radius 2 is 2.09 bits per heavy atom. The highest BCUT2D eigenvalue weighted by Crippen LogP contribution is 2.29. The number of nitrogens with one attached hydrogen (secondary N) is 1. The third-order valence-electron chi connectivity index (χ3n) is 3.46. The minimum absolute atomic E-state index is 0.765. The largest absolute Gasteiger partial charge is 0.339 e. The molecule has 22 heavy (non-hydrogen) atoms. The van der Waals surface area contributed by atoms with Crippen LogP contribution >= 0.6 is 11.3 Å². The van der Waals surface area contributed by atoms with E-state index >= 15 is 0 Å². The molecule has 6 heteroatoms. The summed E-state index contributed by atoms with van der Waals surface area (Å²) in [5.41, 5.74) is 3.00. The average Bonchev–Trinajstić information content (AvgIpc) is 3.19. The van der Waals surface area contributed by atoms with Crippen LogP contribution in [0.4, 0.5) is 11.5 Å². The Morgan fingerprint density at radius 3 is 2.95 bits per heavy atom. The topological polar surface area (TPSA) is 55.6 Å². The molecule has 0 aliphatic carbocycles. The first-order valence-corrected chi connectivity index (χ1v) is 7.73. The van der Waals surface area contributed by atoms with Crippen molar-refractivity contribution in [2.45, 2.75) is 0 Å². The number of hydrogen-bond donors (Lipinski definition) is 1. The molecule has 0 spiro atoms. The van der Waals surface area contributed by atoms with E-state index in [1.165, 1.54) is 10.4 Å². The van der Waals surface area contributed by atoms with E-state index in [0.717, 1.165) is 22.5 Å². The van der Waals surface area contributed by atoms with Crippen molar-refractivity contribution in [3.63, 3.8) is 0 Å². The first kappa shape index (κ1) is 13.0. The molecule has 0 amide bonds. The summed E-state index contributed by atoms with van der Waals surface area (Å²) in [6.45, 7) is 0. The summed E-state index contributed by atoms with van der Waals surface area (Å²) in [6, 6.07) is 12.5. The first-order chi connectivity index (χ1) is 10.8. The van der Waals surface area contributed by atoms with Crippen LogP contribution in [0.5, 0.6) is 0 Å². The Morgan fingerprint density at radius 1 is 1.14 bits per heavy atom. The lowest BCUT2D eigenvalue weighted by atomic mass is 10.1. The Hall–Kier alpha value is -2.73. The molecule has 4 rings (SSSR count). The predicted octanol–water partition coefficient (Wildman–Crippen LogP) is 3.84. The second-order valence-electron chi connectivity index (χ2n) is 4.91. The second-order valence-corrected chi connectivity index (χ2v) is 5.86. The molecule has 0 fully saturated rings. The SMILES string of the molecule is Cn1ncc2c(Nc3cccc(-c4cccs4)c3)ncnc21. The van der Waals surface area contributed by atoms with Crippen molar-refractivity contribution in [2.24, 2.45) is 7.05 Å². The maximum absolute atomic E-state index is 4.33. The Kier molecular flexibility index (Phi) is 3.08. The van der Waals surface area contributed by atoms with Gasteiger partial charge < -0.3 is 5.32 Å². The van der Waals surface area contributed by atoms with E-state index in [4.69, 9.17) is 0 Å². The number of aryl methyl sites for hydroxylation is 1. The summed E-state index contributed by atoms with van der Waals surface area (Å²) in [7, 11) is 1.87. The fourth-order valence-electron chi connectivity index (χ4n) is 2.39. The normalized spacial score (nSPS) is 11.0. The van der Waals surface area contributed by atoms with E-state index < -0.39 is 0 Å². The minimum atomic E-state index is 0.765. The summed E-state index contributed by atoms with van der Waals surface area (Å²) in [6.07, 6.45) is 3.33. The van der Waals surface area contributed by atoms with E-state index in [1.54, 1.807) is 28.5 Å². The number of fused-ring (bicyclic) bond motifs is 1. The molecule has 0 unspecified atom stereocenters. The quantitative estimate of drug-likeness (QED) is 0.625. The summed E-state index contributed by atoms with van der Waals surface area (Å²) >= 11 is 1.73. The monoisotopic (exact) mass is 307 g/mol. The van der Waals surface area contributed by atoms with Crippen molar-refractivity contribution in [3.05, 3.63) is 54.3 Å². The van der Waals surface area contributed by atoms with E-state index in [0.29, 0.717) is 0 Å². The lowest BCUT2D eigenvalue weighted by molar-refractivity contribution is 0.785. The molecule has 0 aliphatic rings. The molecule has 0 saturated heterocycles. The lowest BCUT2D eigenvalue weighted by Crippen LogP contribution is -1.97. The van der Waals surface area contributed by atoms with Crippen molar-refractivity contribution in [3.8, 4) is 10.4 Å². The lowest BCUT2D eigenvalue weighted by Gasteiger charge is -2.07. The fraction of sp³-hybridized carbons (Fsp3) is 0.0625. The Bertz CT molecular complexity index is 927. The van der Waals surface area contributed by atoms with Gasteiger partial charge in [0, 0.05) is 17.6 Å². The maximum Gasteiger partial charge on any atom is 0.163 e. The molecular formula is C16H13N5S. The molecule has 3 aromatic heterocycles. The number of nitrogens with zero attached hydrogens (tertiary/aromatic N) is 4. The summed E-state index contributed by atoms with van der Waals surface area (Å²) in [5.74, 6) is 0.765. The molecular weight excluding hydrogens is 294 g/mol. The summed E-state index contributed by atoms with van der Waals surface area (Å²) in [4.78, 5) is 9.84. The van der Waals surface area contributed by atoms with Crippen molar-refractivity contribution in [2.75, 3.05) is 5.32 Å². The highest BCUT2D eigenvalue weighted by atomic mass is 32.1. The molecule has 0 aliphatic heterocycles. The van der Waals surface area contributed by atoms with Crippen LogP contribution in [-0.4, -0.2) is 19.7 Å². The number of thiophene rings is 1. The molecule has 108 valence electrons. The molecule has 1 aromatic carbocycles. The van der Waals surface area contributed by atoms with Crippen LogP contribution in [0.1, 0.15) is 0 Å². The standard InChI is InChI=1S/C16H13N5S/c1-21-16-13(9-19-21)15(17-10-18-16)20-12-5-2-4-11(8-12)14-6-3-7-22-14/h2-10H,1H3,(H,17,18,20). The molecule has 0 radical (unpaired) electrons. The molecule has 0 atom stereocenters. The fourth-order valence-corrected chi connectivity index (χ4v) is 3.12. The average molecular weight is 307 g/mol. The summed E-state index contributed by atoms with van der Waals surface area (Å²) < 4.78 is 1.74. The zero-order chi connectivity index (χ0) is 14.9. The number of benzene rings is 1. The molecule has 3 heterocycles. The van der Waals surface area contributed by atoms with Crippen molar-refractivity contribution < 1.29 is 0 Å². The van der Waals surface area contributed by atoms with Gasteiger partial charge in [-0.3, -0.25) is 4.68 Å². The van der Waals surface area contributed by atoms with Gasteiger partial charge in [0.2, 0.25) is 0 Å². The third-order valence-corrected chi connectivity index (χ3v) is 4.38. The summed E-state index contributed by atoms with van der Waals surface area (Å²) in [5, 5.41) is 10.6. The van der Waals surface area contributed by atoms with Crippen LogP contribution < -0.4 is 5.32 Å². The van der Waals surface area contributed by atoms with E-state index in [-0.39, 0.29) is 0 Å². The minimum Gasteiger partial charge on any atom is -0.339 e. The number of anilines is 2. The number of rotatable bonds is 3. The third kappa shape index (κ3) is 2.23.